The molecule has 0 aliphatic rings. The maximum absolute atomic E-state index is 10.7. The zero-order chi connectivity index (χ0) is 12.2. The van der Waals surface area contributed by atoms with Gasteiger partial charge in [-0.1, -0.05) is 0 Å². The van der Waals surface area contributed by atoms with Crippen molar-refractivity contribution in [1.82, 2.24) is 0 Å². The SMILES string of the molecule is O=C(Cl)C(F)(F)F.O=C(O)C(F)(F)F. The van der Waals surface area contributed by atoms with Gasteiger partial charge in [0.2, 0.25) is 0 Å². The Kier molecular flexibility index (Phi) is 5.56. The summed E-state index contributed by atoms with van der Waals surface area (Å²) < 4.78 is 63.8. The summed E-state index contributed by atoms with van der Waals surface area (Å²) in [6.45, 7) is 0. The number of hydrogen-bond acceptors (Lipinski definition) is 2. The molecular formula is C4HClF6O3. The number of aliphatic carboxylic acids is 1. The molecule has 0 aromatic heterocycles. The lowest BCUT2D eigenvalue weighted by Gasteiger charge is -1.93. The first kappa shape index (κ1) is 15.5. The highest BCUT2D eigenvalue weighted by Gasteiger charge is 2.38. The fourth-order valence-corrected chi connectivity index (χ4v) is 0. The van der Waals surface area contributed by atoms with Gasteiger partial charge in [0.1, 0.15) is 0 Å². The Morgan fingerprint density at radius 1 is 0.929 bits per heavy atom. The summed E-state index contributed by atoms with van der Waals surface area (Å²) in [5.74, 6) is -2.76. The van der Waals surface area contributed by atoms with Crippen LogP contribution in [0.4, 0.5) is 26.3 Å². The summed E-state index contributed by atoms with van der Waals surface area (Å²) in [4.78, 5) is 18.0. The van der Waals surface area contributed by atoms with Gasteiger partial charge < -0.3 is 5.11 Å². The van der Waals surface area contributed by atoms with E-state index in [2.05, 4.69) is 11.6 Å². The van der Waals surface area contributed by atoms with Crippen LogP contribution >= 0.6 is 11.6 Å². The smallest absolute Gasteiger partial charge is 0.475 e. The minimum Gasteiger partial charge on any atom is -0.475 e. The summed E-state index contributed by atoms with van der Waals surface area (Å²) in [6, 6.07) is 0. The number of carboxylic acids is 1. The monoisotopic (exact) mass is 246 g/mol. The molecule has 84 valence electrons. The Balaban J connectivity index is 0. The largest absolute Gasteiger partial charge is 0.490 e. The highest BCUT2D eigenvalue weighted by molar-refractivity contribution is 6.64. The zero-order valence-corrected chi connectivity index (χ0v) is 6.67. The first-order valence-electron chi connectivity index (χ1n) is 2.45. The first-order chi connectivity index (χ1) is 5.89. The van der Waals surface area contributed by atoms with Crippen molar-refractivity contribution >= 4 is 22.8 Å². The summed E-state index contributed by atoms with van der Waals surface area (Å²) in [5, 5.41) is 4.84. The van der Waals surface area contributed by atoms with Gasteiger partial charge in [-0.25, -0.2) is 4.79 Å². The average molecular weight is 246 g/mol. The first-order valence-corrected chi connectivity index (χ1v) is 2.83. The Morgan fingerprint density at radius 2 is 1.07 bits per heavy atom. The summed E-state index contributed by atoms with van der Waals surface area (Å²) in [7, 11) is 0. The number of carbonyl (C=O) groups is 2. The number of alkyl halides is 6. The average Bonchev–Trinajstić information content (AvgIpc) is 1.83. The molecule has 0 rings (SSSR count). The van der Waals surface area contributed by atoms with Crippen molar-refractivity contribution in [3.8, 4) is 0 Å². The van der Waals surface area contributed by atoms with E-state index < -0.39 is 23.6 Å². The number of halogens is 7. The fraction of sp³-hybridized carbons (Fsp3) is 0.500. The third-order valence-corrected chi connectivity index (χ3v) is 0.680. The molecule has 14 heavy (non-hydrogen) atoms. The van der Waals surface area contributed by atoms with Gasteiger partial charge in [0.25, 0.3) is 0 Å². The summed E-state index contributed by atoms with van der Waals surface area (Å²) >= 11 is 3.99. The normalized spacial score (nSPS) is 11.4. The zero-order valence-electron chi connectivity index (χ0n) is 5.91. The highest BCUT2D eigenvalue weighted by Crippen LogP contribution is 2.17. The predicted octanol–water partition coefficient (Wildman–Crippen LogP) is 1.95. The van der Waals surface area contributed by atoms with Crippen molar-refractivity contribution in [1.29, 1.82) is 0 Å². The predicted molar refractivity (Wildman–Crippen MR) is 30.6 cm³/mol. The quantitative estimate of drug-likeness (QED) is 0.525. The Hall–Kier alpha value is -0.990. The number of carbonyl (C=O) groups excluding carboxylic acids is 1. The van der Waals surface area contributed by atoms with Crippen molar-refractivity contribution in [2.24, 2.45) is 0 Å². The van der Waals surface area contributed by atoms with Gasteiger partial charge in [-0.15, -0.1) is 0 Å². The number of carboxylic acid groups (broad SMARTS) is 1. The Labute approximate surface area is 77.3 Å². The van der Waals surface area contributed by atoms with Crippen molar-refractivity contribution in [3.63, 3.8) is 0 Å². The second kappa shape index (κ2) is 5.03. The van der Waals surface area contributed by atoms with E-state index in [0.717, 1.165) is 0 Å². The van der Waals surface area contributed by atoms with E-state index in [1.807, 2.05) is 0 Å². The third kappa shape index (κ3) is 9.10. The van der Waals surface area contributed by atoms with Crippen LogP contribution in [0.15, 0.2) is 0 Å². The lowest BCUT2D eigenvalue weighted by atomic mass is 10.7. The molecular weight excluding hydrogens is 245 g/mol. The van der Waals surface area contributed by atoms with Crippen LogP contribution in [0.2, 0.25) is 0 Å². The lowest BCUT2D eigenvalue weighted by Crippen LogP contribution is -2.21. The van der Waals surface area contributed by atoms with Crippen LogP contribution in [0.25, 0.3) is 0 Å². The molecule has 10 heteroatoms. The second-order valence-corrected chi connectivity index (χ2v) is 1.92. The molecule has 0 fully saturated rings. The molecule has 0 bridgehead atoms. The van der Waals surface area contributed by atoms with Crippen LogP contribution in [0.5, 0.6) is 0 Å². The summed E-state index contributed by atoms with van der Waals surface area (Å²) in [5.41, 5.74) is 0. The fourth-order valence-electron chi connectivity index (χ4n) is 0. The molecule has 0 aliphatic heterocycles. The molecule has 3 nitrogen and oxygen atoms in total. The van der Waals surface area contributed by atoms with Crippen LogP contribution in [0.3, 0.4) is 0 Å². The van der Waals surface area contributed by atoms with Crippen LogP contribution in [0.1, 0.15) is 0 Å². The van der Waals surface area contributed by atoms with Crippen LogP contribution < -0.4 is 0 Å². The molecule has 1 N–H and O–H groups in total. The molecule has 0 spiro atoms. The Morgan fingerprint density at radius 3 is 1.07 bits per heavy atom. The minimum absolute atomic E-state index is 2.28. The van der Waals surface area contributed by atoms with Gasteiger partial charge in [0.15, 0.2) is 0 Å². The molecule has 0 radical (unpaired) electrons. The molecule has 0 aromatic carbocycles. The second-order valence-electron chi connectivity index (χ2n) is 1.57. The van der Waals surface area contributed by atoms with Gasteiger partial charge in [-0.2, -0.15) is 26.3 Å². The molecule has 0 atom stereocenters. The number of rotatable bonds is 0. The van der Waals surface area contributed by atoms with Crippen LogP contribution in [-0.4, -0.2) is 28.7 Å². The van der Waals surface area contributed by atoms with Crippen molar-refractivity contribution < 1.29 is 41.0 Å². The van der Waals surface area contributed by atoms with E-state index in [4.69, 9.17) is 14.7 Å². The van der Waals surface area contributed by atoms with Gasteiger partial charge in [0, 0.05) is 0 Å². The van der Waals surface area contributed by atoms with Crippen molar-refractivity contribution in [2.75, 3.05) is 0 Å². The van der Waals surface area contributed by atoms with E-state index >= 15 is 0 Å². The molecule has 0 unspecified atom stereocenters. The number of hydrogen-bond donors (Lipinski definition) is 1. The Bertz CT molecular complexity index is 194. The van der Waals surface area contributed by atoms with Crippen molar-refractivity contribution in [3.05, 3.63) is 0 Å². The van der Waals surface area contributed by atoms with E-state index in [9.17, 15) is 26.3 Å². The lowest BCUT2D eigenvalue weighted by molar-refractivity contribution is -0.192. The molecule has 0 aliphatic carbocycles. The molecule has 0 saturated carbocycles. The molecule has 0 saturated heterocycles. The van der Waals surface area contributed by atoms with Crippen LogP contribution in [-0.2, 0) is 9.59 Å². The molecule has 0 amide bonds. The molecule has 0 aromatic rings. The molecule has 0 heterocycles. The van der Waals surface area contributed by atoms with Crippen LogP contribution in [0, 0.1) is 0 Å². The third-order valence-electron chi connectivity index (χ3n) is 0.465. The van der Waals surface area contributed by atoms with E-state index in [1.165, 1.54) is 0 Å². The van der Waals surface area contributed by atoms with E-state index in [-0.39, 0.29) is 0 Å². The van der Waals surface area contributed by atoms with Gasteiger partial charge in [-0.3, -0.25) is 4.79 Å². The van der Waals surface area contributed by atoms with Crippen molar-refractivity contribution in [2.45, 2.75) is 12.4 Å². The minimum atomic E-state index is -5.08. The van der Waals surface area contributed by atoms with Gasteiger partial charge in [0.05, 0.1) is 0 Å². The van der Waals surface area contributed by atoms with E-state index in [1.54, 1.807) is 0 Å². The summed E-state index contributed by atoms with van der Waals surface area (Å²) in [6.07, 6.45) is -9.96. The maximum Gasteiger partial charge on any atom is 0.490 e. The van der Waals surface area contributed by atoms with Gasteiger partial charge >= 0.3 is 23.6 Å². The van der Waals surface area contributed by atoms with Gasteiger partial charge in [-0.05, 0) is 11.6 Å². The standard InChI is InChI=1S/C2ClF3O.C2HF3O2/c3-1(7)2(4,5)6;3-2(4,5)1(6)7/h;(H,6,7). The topological polar surface area (TPSA) is 54.4 Å². The highest BCUT2D eigenvalue weighted by atomic mass is 35.5. The maximum atomic E-state index is 10.7. The van der Waals surface area contributed by atoms with E-state index in [0.29, 0.717) is 0 Å².